The lowest BCUT2D eigenvalue weighted by atomic mass is 10.0. The van der Waals surface area contributed by atoms with Crippen LogP contribution in [0.1, 0.15) is 41.7 Å². The van der Waals surface area contributed by atoms with E-state index in [2.05, 4.69) is 15.9 Å². The van der Waals surface area contributed by atoms with Crippen LogP contribution in [0, 0.1) is 5.82 Å². The van der Waals surface area contributed by atoms with Crippen LogP contribution in [0.3, 0.4) is 0 Å². The van der Waals surface area contributed by atoms with Crippen molar-refractivity contribution >= 4 is 21.8 Å². The molecule has 0 aromatic heterocycles. The summed E-state index contributed by atoms with van der Waals surface area (Å²) in [6.07, 6.45) is 1.81. The number of nitrogens with zero attached hydrogens (tertiary/aromatic N) is 1. The molecule has 0 N–H and O–H groups in total. The van der Waals surface area contributed by atoms with Crippen LogP contribution >= 0.6 is 15.9 Å². The first kappa shape index (κ1) is 17.0. The van der Waals surface area contributed by atoms with E-state index in [4.69, 9.17) is 4.74 Å². The lowest BCUT2D eigenvalue weighted by Gasteiger charge is -2.25. The Morgan fingerprint density at radius 1 is 1.29 bits per heavy atom. The molecule has 1 aliphatic heterocycles. The van der Waals surface area contributed by atoms with Crippen LogP contribution in [0.25, 0.3) is 0 Å². The Hall–Kier alpha value is -1.88. The summed E-state index contributed by atoms with van der Waals surface area (Å²) in [4.78, 5) is 14.5. The van der Waals surface area contributed by atoms with E-state index in [9.17, 15) is 9.18 Å². The number of hydrogen-bond donors (Lipinski definition) is 0. The van der Waals surface area contributed by atoms with Gasteiger partial charge in [0.15, 0.2) is 0 Å². The summed E-state index contributed by atoms with van der Waals surface area (Å²) in [7, 11) is 0. The number of benzene rings is 2. The van der Waals surface area contributed by atoms with Gasteiger partial charge in [0.25, 0.3) is 5.91 Å². The van der Waals surface area contributed by atoms with Crippen molar-refractivity contribution in [3.63, 3.8) is 0 Å². The highest BCUT2D eigenvalue weighted by atomic mass is 79.9. The van der Waals surface area contributed by atoms with Crippen LogP contribution in [0.4, 0.5) is 4.39 Å². The zero-order valence-electron chi connectivity index (χ0n) is 13.5. The summed E-state index contributed by atoms with van der Waals surface area (Å²) in [6.45, 7) is 3.21. The molecule has 2 aromatic rings. The average Bonchev–Trinajstić information content (AvgIpc) is 3.05. The third kappa shape index (κ3) is 3.46. The van der Waals surface area contributed by atoms with Gasteiger partial charge < -0.3 is 9.64 Å². The molecule has 0 saturated carbocycles. The van der Waals surface area contributed by atoms with Crippen molar-refractivity contribution in [2.45, 2.75) is 25.8 Å². The lowest BCUT2D eigenvalue weighted by Crippen LogP contribution is -2.31. The van der Waals surface area contributed by atoms with Gasteiger partial charge in [0, 0.05) is 11.0 Å². The van der Waals surface area contributed by atoms with Gasteiger partial charge in [-0.2, -0.15) is 0 Å². The van der Waals surface area contributed by atoms with Gasteiger partial charge in [-0.1, -0.05) is 28.1 Å². The molecule has 5 heteroatoms. The van der Waals surface area contributed by atoms with Crippen LogP contribution in [0.15, 0.2) is 46.9 Å². The Bertz CT molecular complexity index is 733. The first-order valence-electron chi connectivity index (χ1n) is 8.09. The molecular weight excluding hydrogens is 373 g/mol. The molecule has 1 unspecified atom stereocenters. The number of hydrogen-bond acceptors (Lipinski definition) is 2. The van der Waals surface area contributed by atoms with Crippen LogP contribution in [-0.2, 0) is 0 Å². The van der Waals surface area contributed by atoms with E-state index in [1.807, 2.05) is 31.2 Å². The summed E-state index contributed by atoms with van der Waals surface area (Å²) in [5, 5.41) is 0. The predicted molar refractivity (Wildman–Crippen MR) is 94.7 cm³/mol. The van der Waals surface area contributed by atoms with Crippen molar-refractivity contribution in [1.29, 1.82) is 0 Å². The fourth-order valence-electron chi connectivity index (χ4n) is 3.13. The Morgan fingerprint density at radius 2 is 2.04 bits per heavy atom. The summed E-state index contributed by atoms with van der Waals surface area (Å²) in [6, 6.07) is 12.3. The summed E-state index contributed by atoms with van der Waals surface area (Å²) < 4.78 is 20.2. The molecule has 3 nitrogen and oxygen atoms in total. The molecular formula is C19H19BrFNO2. The number of halogens is 2. The smallest absolute Gasteiger partial charge is 0.257 e. The molecule has 0 bridgehead atoms. The van der Waals surface area contributed by atoms with Crippen LogP contribution < -0.4 is 4.74 Å². The fourth-order valence-corrected chi connectivity index (χ4v) is 3.46. The van der Waals surface area contributed by atoms with Gasteiger partial charge in [-0.05, 0) is 55.7 Å². The third-order valence-corrected chi connectivity index (χ3v) is 4.74. The second-order valence-electron chi connectivity index (χ2n) is 5.78. The van der Waals surface area contributed by atoms with Crippen molar-refractivity contribution in [2.75, 3.05) is 13.2 Å². The summed E-state index contributed by atoms with van der Waals surface area (Å²) in [5.41, 5.74) is 1.18. The largest absolute Gasteiger partial charge is 0.494 e. The highest BCUT2D eigenvalue weighted by molar-refractivity contribution is 9.10. The SMILES string of the molecule is CCOc1ccc(C2CCCN2C(=O)c2ccc(Br)cc2F)cc1. The molecule has 3 rings (SSSR count). The minimum atomic E-state index is -0.494. The van der Waals surface area contributed by atoms with Gasteiger partial charge in [-0.3, -0.25) is 4.79 Å². The fraction of sp³-hybridized carbons (Fsp3) is 0.316. The molecule has 24 heavy (non-hydrogen) atoms. The third-order valence-electron chi connectivity index (χ3n) is 4.25. The van der Waals surface area contributed by atoms with E-state index in [-0.39, 0.29) is 17.5 Å². The molecule has 1 amide bonds. The van der Waals surface area contributed by atoms with Gasteiger partial charge in [0.05, 0.1) is 18.2 Å². The quantitative estimate of drug-likeness (QED) is 0.736. The van der Waals surface area contributed by atoms with Crippen molar-refractivity contribution in [3.8, 4) is 5.75 Å². The maximum absolute atomic E-state index is 14.1. The molecule has 1 atom stereocenters. The van der Waals surface area contributed by atoms with Crippen LogP contribution in [-0.4, -0.2) is 24.0 Å². The molecule has 1 fully saturated rings. The van der Waals surface area contributed by atoms with Crippen molar-refractivity contribution in [3.05, 3.63) is 63.9 Å². The Labute approximate surface area is 149 Å². The number of ether oxygens (including phenoxy) is 1. The number of likely N-dealkylation sites (tertiary alicyclic amines) is 1. The molecule has 0 radical (unpaired) electrons. The average molecular weight is 392 g/mol. The van der Waals surface area contributed by atoms with Crippen molar-refractivity contribution in [2.24, 2.45) is 0 Å². The van der Waals surface area contributed by atoms with E-state index < -0.39 is 5.82 Å². The minimum absolute atomic E-state index is 0.0174. The topological polar surface area (TPSA) is 29.5 Å². The number of rotatable bonds is 4. The second kappa shape index (κ2) is 7.34. The number of carbonyl (C=O) groups is 1. The van der Waals surface area contributed by atoms with Gasteiger partial charge in [0.2, 0.25) is 0 Å². The van der Waals surface area contributed by atoms with Gasteiger partial charge in [-0.25, -0.2) is 4.39 Å². The Morgan fingerprint density at radius 3 is 2.71 bits per heavy atom. The van der Waals surface area contributed by atoms with E-state index in [0.29, 0.717) is 17.6 Å². The maximum Gasteiger partial charge on any atom is 0.257 e. The monoisotopic (exact) mass is 391 g/mol. The highest BCUT2D eigenvalue weighted by Crippen LogP contribution is 2.34. The zero-order valence-corrected chi connectivity index (χ0v) is 15.1. The van der Waals surface area contributed by atoms with E-state index in [1.54, 1.807) is 11.0 Å². The molecule has 0 aliphatic carbocycles. The molecule has 126 valence electrons. The van der Waals surface area contributed by atoms with Crippen LogP contribution in [0.2, 0.25) is 0 Å². The van der Waals surface area contributed by atoms with Crippen molar-refractivity contribution < 1.29 is 13.9 Å². The van der Waals surface area contributed by atoms with Crippen LogP contribution in [0.5, 0.6) is 5.75 Å². The zero-order chi connectivity index (χ0) is 17.1. The molecule has 1 heterocycles. The minimum Gasteiger partial charge on any atom is -0.494 e. The standard InChI is InChI=1S/C19H19BrFNO2/c1-2-24-15-8-5-13(6-9-15)18-4-3-11-22(18)19(23)16-10-7-14(20)12-17(16)21/h5-10,12,18H,2-4,11H2,1H3. The number of amides is 1. The van der Waals surface area contributed by atoms with E-state index in [0.717, 1.165) is 24.2 Å². The van der Waals surface area contributed by atoms with E-state index in [1.165, 1.54) is 12.1 Å². The Balaban J connectivity index is 1.83. The Kier molecular flexibility index (Phi) is 5.19. The molecule has 0 spiro atoms. The lowest BCUT2D eigenvalue weighted by molar-refractivity contribution is 0.0731. The maximum atomic E-state index is 14.1. The first-order chi connectivity index (χ1) is 11.6. The first-order valence-corrected chi connectivity index (χ1v) is 8.88. The van der Waals surface area contributed by atoms with Gasteiger partial charge in [0.1, 0.15) is 11.6 Å². The van der Waals surface area contributed by atoms with Crippen molar-refractivity contribution in [1.82, 2.24) is 4.90 Å². The van der Waals surface area contributed by atoms with Gasteiger partial charge >= 0.3 is 0 Å². The highest BCUT2D eigenvalue weighted by Gasteiger charge is 2.31. The molecule has 1 aliphatic rings. The number of carbonyl (C=O) groups excluding carboxylic acids is 1. The normalized spacial score (nSPS) is 17.1. The summed E-state index contributed by atoms with van der Waals surface area (Å²) >= 11 is 3.22. The molecule has 2 aromatic carbocycles. The summed E-state index contributed by atoms with van der Waals surface area (Å²) in [5.74, 6) is 0.0687. The van der Waals surface area contributed by atoms with Gasteiger partial charge in [-0.15, -0.1) is 0 Å². The van der Waals surface area contributed by atoms with E-state index >= 15 is 0 Å². The predicted octanol–water partition coefficient (Wildman–Crippen LogP) is 4.96. The second-order valence-corrected chi connectivity index (χ2v) is 6.70. The molecule has 1 saturated heterocycles.